The summed E-state index contributed by atoms with van der Waals surface area (Å²) in [4.78, 5) is 0. The van der Waals surface area contributed by atoms with Gasteiger partial charge in [-0.3, -0.25) is 0 Å². The van der Waals surface area contributed by atoms with Crippen molar-refractivity contribution in [3.8, 4) is 0 Å². The minimum atomic E-state index is -1.73. The molecule has 3 unspecified atom stereocenters. The molecule has 3 atom stereocenters. The fraction of sp³-hybridized carbons (Fsp3) is 0.818. The van der Waals surface area contributed by atoms with Gasteiger partial charge in [-0.2, -0.15) is 0 Å². The van der Waals surface area contributed by atoms with Crippen molar-refractivity contribution < 1.29 is 13.5 Å². The highest BCUT2D eigenvalue weighted by molar-refractivity contribution is 7.80. The van der Waals surface area contributed by atoms with Crippen LogP contribution in [-0.4, -0.2) is 26.2 Å². The zero-order chi connectivity index (χ0) is 11.3. The highest BCUT2D eigenvalue weighted by Crippen LogP contribution is 2.20. The first-order valence-corrected chi connectivity index (χ1v) is 6.77. The molecule has 0 aromatic rings. The van der Waals surface area contributed by atoms with Crippen molar-refractivity contribution in [3.05, 3.63) is 12.2 Å². The Bertz CT molecular complexity index is 236. The molecule has 0 aromatic heterocycles. The van der Waals surface area contributed by atoms with Gasteiger partial charge in [0.05, 0.1) is 17.5 Å². The Hall–Kier alpha value is -0.190. The summed E-state index contributed by atoms with van der Waals surface area (Å²) < 4.78 is 25.6. The van der Waals surface area contributed by atoms with Gasteiger partial charge in [-0.05, 0) is 25.7 Å². The van der Waals surface area contributed by atoms with Crippen LogP contribution in [0.25, 0.3) is 0 Å². The molecule has 0 amide bonds. The quantitative estimate of drug-likeness (QED) is 0.585. The van der Waals surface area contributed by atoms with E-state index in [1.807, 2.05) is 12.2 Å². The molecule has 88 valence electrons. The Kier molecular flexibility index (Phi) is 5.50. The lowest BCUT2D eigenvalue weighted by Gasteiger charge is -2.25. The van der Waals surface area contributed by atoms with E-state index in [0.29, 0.717) is 6.10 Å². The molecule has 0 aromatic carbocycles. The number of hydrogen-bond acceptors (Lipinski definition) is 2. The summed E-state index contributed by atoms with van der Waals surface area (Å²) in [6.45, 7) is 4.23. The lowest BCUT2D eigenvalue weighted by atomic mass is 10.0. The van der Waals surface area contributed by atoms with Gasteiger partial charge in [0.2, 0.25) is 0 Å². The van der Waals surface area contributed by atoms with Crippen LogP contribution in [0.4, 0.5) is 0 Å². The van der Waals surface area contributed by atoms with Gasteiger partial charge in [-0.15, -0.1) is 0 Å². The monoisotopic (exact) mass is 232 g/mol. The highest BCUT2D eigenvalue weighted by atomic mass is 32.2. The summed E-state index contributed by atoms with van der Waals surface area (Å²) in [5.74, 6) is 0. The minimum absolute atomic E-state index is 0.134. The molecule has 0 bridgehead atoms. The van der Waals surface area contributed by atoms with Crippen molar-refractivity contribution in [2.75, 3.05) is 0 Å². The number of ether oxygens (including phenoxy) is 1. The molecule has 0 spiro atoms. The van der Waals surface area contributed by atoms with Gasteiger partial charge in [0.25, 0.3) is 0 Å². The van der Waals surface area contributed by atoms with Crippen molar-refractivity contribution in [1.82, 2.24) is 0 Å². The Labute approximate surface area is 94.2 Å². The molecule has 4 heteroatoms. The first-order valence-electron chi connectivity index (χ1n) is 5.60. The highest BCUT2D eigenvalue weighted by Gasteiger charge is 2.21. The summed E-state index contributed by atoms with van der Waals surface area (Å²) in [7, 11) is 0. The summed E-state index contributed by atoms with van der Waals surface area (Å²) in [6, 6.07) is 0. The van der Waals surface area contributed by atoms with Gasteiger partial charge in [0.15, 0.2) is 11.1 Å². The largest absolute Gasteiger partial charge is 0.371 e. The second kappa shape index (κ2) is 6.40. The predicted molar refractivity (Wildman–Crippen MR) is 62.2 cm³/mol. The van der Waals surface area contributed by atoms with E-state index in [4.69, 9.17) is 9.29 Å². The molecule has 1 N–H and O–H groups in total. The van der Waals surface area contributed by atoms with Crippen molar-refractivity contribution in [2.24, 2.45) is 0 Å². The van der Waals surface area contributed by atoms with Crippen LogP contribution in [-0.2, 0) is 15.8 Å². The van der Waals surface area contributed by atoms with E-state index >= 15 is 0 Å². The van der Waals surface area contributed by atoms with Crippen molar-refractivity contribution in [1.29, 1.82) is 0 Å². The van der Waals surface area contributed by atoms with Crippen molar-refractivity contribution in [2.45, 2.75) is 57.0 Å². The second-order valence-corrected chi connectivity index (χ2v) is 5.05. The van der Waals surface area contributed by atoms with E-state index in [9.17, 15) is 4.21 Å². The topological polar surface area (TPSA) is 46.5 Å². The third-order valence-corrected chi connectivity index (χ3v) is 3.72. The molecule has 1 rings (SSSR count). The van der Waals surface area contributed by atoms with Crippen molar-refractivity contribution in [3.63, 3.8) is 0 Å². The molecular formula is C11H20O3S. The molecule has 3 nitrogen and oxygen atoms in total. The van der Waals surface area contributed by atoms with Gasteiger partial charge in [-0.25, -0.2) is 4.21 Å². The molecule has 0 fully saturated rings. The Morgan fingerprint density at radius 1 is 1.40 bits per heavy atom. The molecule has 0 saturated heterocycles. The summed E-state index contributed by atoms with van der Waals surface area (Å²) in [5, 5.41) is -0.202. The Balaban J connectivity index is 2.41. The first kappa shape index (κ1) is 12.9. The SMILES string of the molecule is CCC(CC)OC1C=CC(S(=O)O)CC1. The minimum Gasteiger partial charge on any atom is -0.371 e. The van der Waals surface area contributed by atoms with E-state index in [0.717, 1.165) is 25.7 Å². The lowest BCUT2D eigenvalue weighted by Crippen LogP contribution is -2.26. The zero-order valence-electron chi connectivity index (χ0n) is 9.39. The van der Waals surface area contributed by atoms with E-state index in [-0.39, 0.29) is 11.4 Å². The maximum absolute atomic E-state index is 10.8. The van der Waals surface area contributed by atoms with Gasteiger partial charge < -0.3 is 9.29 Å². The average Bonchev–Trinajstić information content (AvgIpc) is 2.26. The van der Waals surface area contributed by atoms with Crippen LogP contribution in [0.1, 0.15) is 39.5 Å². The van der Waals surface area contributed by atoms with E-state index in [2.05, 4.69) is 13.8 Å². The lowest BCUT2D eigenvalue weighted by molar-refractivity contribution is 0.00286. The number of hydrogen-bond donors (Lipinski definition) is 1. The predicted octanol–water partition coefficient (Wildman–Crippen LogP) is 2.50. The molecular weight excluding hydrogens is 212 g/mol. The Morgan fingerprint density at radius 2 is 2.07 bits per heavy atom. The van der Waals surface area contributed by atoms with Crippen LogP contribution in [0.2, 0.25) is 0 Å². The third-order valence-electron chi connectivity index (χ3n) is 2.81. The molecule has 0 radical (unpaired) electrons. The standard InChI is InChI=1S/C11H20O3S/c1-3-9(4-2)14-10-5-7-11(8-6-10)15(12)13/h5,7,9-11H,3-4,6,8H2,1-2H3,(H,12,13). The third kappa shape index (κ3) is 4.05. The average molecular weight is 232 g/mol. The van der Waals surface area contributed by atoms with Gasteiger partial charge >= 0.3 is 0 Å². The number of rotatable bonds is 5. The van der Waals surface area contributed by atoms with E-state index in [1.54, 1.807) is 0 Å². The van der Waals surface area contributed by atoms with Crippen LogP contribution in [0, 0.1) is 0 Å². The fourth-order valence-electron chi connectivity index (χ4n) is 1.78. The normalized spacial score (nSPS) is 28.3. The Morgan fingerprint density at radius 3 is 2.47 bits per heavy atom. The van der Waals surface area contributed by atoms with Gasteiger partial charge in [0.1, 0.15) is 0 Å². The maximum atomic E-state index is 10.8. The van der Waals surface area contributed by atoms with Crippen LogP contribution in [0.15, 0.2) is 12.2 Å². The zero-order valence-corrected chi connectivity index (χ0v) is 10.2. The van der Waals surface area contributed by atoms with Crippen LogP contribution in [0.5, 0.6) is 0 Å². The molecule has 0 saturated carbocycles. The first-order chi connectivity index (χ1) is 7.17. The molecule has 1 aliphatic carbocycles. The van der Waals surface area contributed by atoms with Crippen LogP contribution in [0.3, 0.4) is 0 Å². The maximum Gasteiger partial charge on any atom is 0.159 e. The van der Waals surface area contributed by atoms with Crippen LogP contribution < -0.4 is 0 Å². The molecule has 0 heterocycles. The molecule has 15 heavy (non-hydrogen) atoms. The molecule has 1 aliphatic rings. The van der Waals surface area contributed by atoms with Crippen LogP contribution >= 0.6 is 0 Å². The van der Waals surface area contributed by atoms with Crippen molar-refractivity contribution >= 4 is 11.1 Å². The summed E-state index contributed by atoms with van der Waals surface area (Å²) in [6.07, 6.45) is 7.83. The smallest absolute Gasteiger partial charge is 0.159 e. The van der Waals surface area contributed by atoms with E-state index in [1.165, 1.54) is 0 Å². The summed E-state index contributed by atoms with van der Waals surface area (Å²) in [5.41, 5.74) is 0. The summed E-state index contributed by atoms with van der Waals surface area (Å²) >= 11 is -1.73. The fourth-order valence-corrected chi connectivity index (χ4v) is 2.34. The second-order valence-electron chi connectivity index (χ2n) is 3.89. The van der Waals surface area contributed by atoms with Gasteiger partial charge in [0, 0.05) is 0 Å². The molecule has 0 aliphatic heterocycles. The van der Waals surface area contributed by atoms with E-state index < -0.39 is 11.1 Å². The van der Waals surface area contributed by atoms with Gasteiger partial charge in [-0.1, -0.05) is 26.0 Å².